The first-order valence-corrected chi connectivity index (χ1v) is 7.57. The number of nitrogens with one attached hydrogen (secondary N) is 1. The van der Waals surface area contributed by atoms with Crippen LogP contribution in [0.3, 0.4) is 0 Å². The number of halogens is 1. The number of hydrogen-bond acceptors (Lipinski definition) is 4. The summed E-state index contributed by atoms with van der Waals surface area (Å²) in [6.45, 7) is 8.54. The molecule has 0 aliphatic carbocycles. The first-order chi connectivity index (χ1) is 9.81. The predicted molar refractivity (Wildman–Crippen MR) is 88.6 cm³/mol. The van der Waals surface area contributed by atoms with Crippen molar-refractivity contribution in [2.24, 2.45) is 0 Å². The maximum atomic E-state index is 6.25. The van der Waals surface area contributed by atoms with Crippen molar-refractivity contribution in [1.29, 1.82) is 0 Å². The summed E-state index contributed by atoms with van der Waals surface area (Å²) in [6.07, 6.45) is 0. The van der Waals surface area contributed by atoms with E-state index in [1.54, 1.807) is 7.11 Å². The van der Waals surface area contributed by atoms with E-state index in [0.29, 0.717) is 23.1 Å². The van der Waals surface area contributed by atoms with E-state index in [4.69, 9.17) is 21.1 Å². The summed E-state index contributed by atoms with van der Waals surface area (Å²) in [5.41, 5.74) is 1.18. The van der Waals surface area contributed by atoms with Crippen molar-refractivity contribution in [3.05, 3.63) is 22.7 Å². The Hall–Kier alpha value is -0.970. The molecule has 0 aliphatic rings. The molecule has 0 radical (unpaired) electrons. The van der Waals surface area contributed by atoms with Crippen LogP contribution in [0, 0.1) is 0 Å². The van der Waals surface area contributed by atoms with Crippen LogP contribution < -0.4 is 14.8 Å². The molecule has 120 valence electrons. The fraction of sp³-hybridized carbons (Fsp3) is 0.625. The van der Waals surface area contributed by atoms with E-state index in [1.807, 2.05) is 19.1 Å². The van der Waals surface area contributed by atoms with Crippen molar-refractivity contribution in [2.75, 3.05) is 34.4 Å². The molecule has 0 amide bonds. The molecule has 0 heterocycles. The van der Waals surface area contributed by atoms with Crippen LogP contribution in [0.25, 0.3) is 0 Å². The minimum Gasteiger partial charge on any atom is -0.491 e. The third-order valence-corrected chi connectivity index (χ3v) is 3.95. The Kier molecular flexibility index (Phi) is 6.78. The minimum absolute atomic E-state index is 0.0962. The Morgan fingerprint density at radius 1 is 1.29 bits per heavy atom. The van der Waals surface area contributed by atoms with Crippen molar-refractivity contribution in [3.8, 4) is 11.5 Å². The average molecular weight is 315 g/mol. The highest BCUT2D eigenvalue weighted by atomic mass is 35.5. The Balaban J connectivity index is 2.76. The van der Waals surface area contributed by atoms with E-state index in [0.717, 1.165) is 18.7 Å². The van der Waals surface area contributed by atoms with Gasteiger partial charge in [0.1, 0.15) is 0 Å². The van der Waals surface area contributed by atoms with Gasteiger partial charge in [-0.25, -0.2) is 0 Å². The van der Waals surface area contributed by atoms with Crippen LogP contribution >= 0.6 is 11.6 Å². The molecule has 0 aromatic heterocycles. The summed E-state index contributed by atoms with van der Waals surface area (Å²) in [5, 5.41) is 4.04. The van der Waals surface area contributed by atoms with E-state index in [1.165, 1.54) is 0 Å². The van der Waals surface area contributed by atoms with Crippen LogP contribution in [0.2, 0.25) is 5.02 Å². The second-order valence-corrected chi connectivity index (χ2v) is 6.26. The highest BCUT2D eigenvalue weighted by molar-refractivity contribution is 6.32. The predicted octanol–water partition coefficient (Wildman–Crippen LogP) is 3.18. The molecule has 1 aromatic carbocycles. The maximum absolute atomic E-state index is 6.25. The van der Waals surface area contributed by atoms with Gasteiger partial charge in [0.05, 0.1) is 18.7 Å². The van der Waals surface area contributed by atoms with Crippen molar-refractivity contribution in [3.63, 3.8) is 0 Å². The van der Waals surface area contributed by atoms with Gasteiger partial charge < -0.3 is 19.7 Å². The SMILES string of the molecule is CCOc1cc(CNCC(C)(C)N(C)C)cc(Cl)c1OC. The Morgan fingerprint density at radius 3 is 2.48 bits per heavy atom. The molecule has 0 saturated heterocycles. The van der Waals surface area contributed by atoms with Crippen molar-refractivity contribution < 1.29 is 9.47 Å². The van der Waals surface area contributed by atoms with Gasteiger partial charge in [-0.15, -0.1) is 0 Å². The van der Waals surface area contributed by atoms with Crippen LogP contribution in [0.4, 0.5) is 0 Å². The van der Waals surface area contributed by atoms with Crippen molar-refractivity contribution in [1.82, 2.24) is 10.2 Å². The number of likely N-dealkylation sites (N-methyl/N-ethyl adjacent to an activating group) is 1. The highest BCUT2D eigenvalue weighted by Crippen LogP contribution is 2.36. The Bertz CT molecular complexity index is 462. The number of methoxy groups -OCH3 is 1. The van der Waals surface area contributed by atoms with E-state index in [9.17, 15) is 0 Å². The molecule has 0 bridgehead atoms. The summed E-state index contributed by atoms with van der Waals surface area (Å²) in [4.78, 5) is 2.20. The first kappa shape index (κ1) is 18.1. The number of rotatable bonds is 8. The molecule has 5 heteroatoms. The standard InChI is InChI=1S/C16H27ClN2O2/c1-7-21-14-9-12(8-13(17)15(14)20-6)10-18-11-16(2,3)19(4)5/h8-9,18H,7,10-11H2,1-6H3. The zero-order valence-corrected chi connectivity index (χ0v) is 14.7. The van der Waals surface area contributed by atoms with Crippen LogP contribution in [-0.2, 0) is 6.54 Å². The van der Waals surface area contributed by atoms with Crippen molar-refractivity contribution >= 4 is 11.6 Å². The summed E-state index contributed by atoms with van der Waals surface area (Å²) in [5.74, 6) is 1.28. The third kappa shape index (κ3) is 5.06. The van der Waals surface area contributed by atoms with Gasteiger partial charge in [-0.3, -0.25) is 0 Å². The average Bonchev–Trinajstić information content (AvgIpc) is 2.38. The van der Waals surface area contributed by atoms with E-state index < -0.39 is 0 Å². The molecular weight excluding hydrogens is 288 g/mol. The second kappa shape index (κ2) is 7.87. The van der Waals surface area contributed by atoms with Gasteiger partial charge in [-0.2, -0.15) is 0 Å². The Morgan fingerprint density at radius 2 is 1.95 bits per heavy atom. The second-order valence-electron chi connectivity index (χ2n) is 5.85. The first-order valence-electron chi connectivity index (χ1n) is 7.19. The van der Waals surface area contributed by atoms with Crippen LogP contribution in [0.15, 0.2) is 12.1 Å². The lowest BCUT2D eigenvalue weighted by atomic mass is 10.0. The molecular formula is C16H27ClN2O2. The normalized spacial score (nSPS) is 11.8. The van der Waals surface area contributed by atoms with Gasteiger partial charge >= 0.3 is 0 Å². The van der Waals surface area contributed by atoms with Crippen LogP contribution in [-0.4, -0.2) is 44.8 Å². The van der Waals surface area contributed by atoms with E-state index >= 15 is 0 Å². The molecule has 4 nitrogen and oxygen atoms in total. The summed E-state index contributed by atoms with van der Waals surface area (Å²) < 4.78 is 10.9. The molecule has 1 aromatic rings. The molecule has 0 unspecified atom stereocenters. The molecule has 1 rings (SSSR count). The minimum atomic E-state index is 0.0962. The molecule has 0 atom stereocenters. The molecule has 0 fully saturated rings. The quantitative estimate of drug-likeness (QED) is 0.799. The molecule has 21 heavy (non-hydrogen) atoms. The molecule has 1 N–H and O–H groups in total. The lowest BCUT2D eigenvalue weighted by Gasteiger charge is -2.32. The lowest BCUT2D eigenvalue weighted by molar-refractivity contribution is 0.189. The molecule has 0 spiro atoms. The monoisotopic (exact) mass is 314 g/mol. The van der Waals surface area contributed by atoms with Gasteiger partial charge in [0.2, 0.25) is 0 Å². The fourth-order valence-corrected chi connectivity index (χ4v) is 2.17. The topological polar surface area (TPSA) is 33.7 Å². The zero-order chi connectivity index (χ0) is 16.0. The zero-order valence-electron chi connectivity index (χ0n) is 13.9. The van der Waals surface area contributed by atoms with Gasteiger partial charge in [-0.1, -0.05) is 11.6 Å². The smallest absolute Gasteiger partial charge is 0.179 e. The number of nitrogens with zero attached hydrogens (tertiary/aromatic N) is 1. The molecule has 0 aliphatic heterocycles. The summed E-state index contributed by atoms with van der Waals surface area (Å²) in [7, 11) is 5.76. The number of benzene rings is 1. The number of hydrogen-bond donors (Lipinski definition) is 1. The largest absolute Gasteiger partial charge is 0.491 e. The van der Waals surface area contributed by atoms with Crippen LogP contribution in [0.5, 0.6) is 11.5 Å². The van der Waals surface area contributed by atoms with Gasteiger partial charge in [-0.05, 0) is 52.6 Å². The summed E-state index contributed by atoms with van der Waals surface area (Å²) in [6, 6.07) is 3.89. The number of ether oxygens (including phenoxy) is 2. The van der Waals surface area contributed by atoms with Gasteiger partial charge in [0.25, 0.3) is 0 Å². The third-order valence-electron chi connectivity index (χ3n) is 3.67. The van der Waals surface area contributed by atoms with Gasteiger partial charge in [0, 0.05) is 18.6 Å². The Labute approximate surface area is 133 Å². The molecule has 0 saturated carbocycles. The van der Waals surface area contributed by atoms with Gasteiger partial charge in [0.15, 0.2) is 11.5 Å². The highest BCUT2D eigenvalue weighted by Gasteiger charge is 2.19. The van der Waals surface area contributed by atoms with Crippen molar-refractivity contribution in [2.45, 2.75) is 32.9 Å². The lowest BCUT2D eigenvalue weighted by Crippen LogP contribution is -2.46. The van der Waals surface area contributed by atoms with E-state index in [2.05, 4.69) is 38.2 Å². The van der Waals surface area contributed by atoms with E-state index in [-0.39, 0.29) is 5.54 Å². The maximum Gasteiger partial charge on any atom is 0.179 e. The fourth-order valence-electron chi connectivity index (χ4n) is 1.86. The summed E-state index contributed by atoms with van der Waals surface area (Å²) >= 11 is 6.25. The van der Waals surface area contributed by atoms with Crippen LogP contribution in [0.1, 0.15) is 26.3 Å².